The summed E-state index contributed by atoms with van der Waals surface area (Å²) in [4.78, 5) is 38.0. The minimum absolute atomic E-state index is 0.0414. The van der Waals surface area contributed by atoms with E-state index in [1.54, 1.807) is 0 Å². The van der Waals surface area contributed by atoms with E-state index in [0.29, 0.717) is 5.56 Å². The lowest BCUT2D eigenvalue weighted by molar-refractivity contribution is -0.274. The topological polar surface area (TPSA) is 95.9 Å². The van der Waals surface area contributed by atoms with Gasteiger partial charge in [0.05, 0.1) is 5.92 Å². The third kappa shape index (κ3) is 5.43. The lowest BCUT2D eigenvalue weighted by Gasteiger charge is -2.29. The van der Waals surface area contributed by atoms with Gasteiger partial charge in [-0.1, -0.05) is 25.3 Å². The van der Waals surface area contributed by atoms with Gasteiger partial charge in [0, 0.05) is 24.8 Å². The highest BCUT2D eigenvalue weighted by Gasteiger charge is 2.37. The quantitative estimate of drug-likeness (QED) is 0.648. The lowest BCUT2D eigenvalue weighted by Crippen LogP contribution is -2.44. The Labute approximate surface area is 171 Å². The second-order valence-electron chi connectivity index (χ2n) is 7.68. The van der Waals surface area contributed by atoms with Crippen molar-refractivity contribution in [3.8, 4) is 5.75 Å². The molecule has 164 valence electrons. The normalized spacial score (nSPS) is 19.0. The largest absolute Gasteiger partial charge is 0.573 e. The van der Waals surface area contributed by atoms with Gasteiger partial charge < -0.3 is 20.1 Å². The molecule has 0 aromatic heterocycles. The van der Waals surface area contributed by atoms with E-state index in [0.717, 1.165) is 49.1 Å². The van der Waals surface area contributed by atoms with Gasteiger partial charge in [0.2, 0.25) is 5.78 Å². The van der Waals surface area contributed by atoms with Gasteiger partial charge in [-0.15, -0.1) is 13.2 Å². The van der Waals surface area contributed by atoms with Crippen LogP contribution in [0.4, 0.5) is 18.9 Å². The van der Waals surface area contributed by atoms with Crippen molar-refractivity contribution >= 4 is 23.3 Å². The van der Waals surface area contributed by atoms with Crippen molar-refractivity contribution in [1.82, 2.24) is 4.90 Å². The van der Waals surface area contributed by atoms with Crippen LogP contribution in [0.5, 0.6) is 5.75 Å². The highest BCUT2D eigenvalue weighted by Crippen LogP contribution is 2.36. The first-order valence-corrected chi connectivity index (χ1v) is 9.82. The number of carbonyl (C=O) groups excluding carboxylic acids is 2. The Bertz CT molecular complexity index is 821. The van der Waals surface area contributed by atoms with Gasteiger partial charge in [-0.2, -0.15) is 0 Å². The van der Waals surface area contributed by atoms with Crippen molar-refractivity contribution in [3.63, 3.8) is 0 Å². The number of carboxylic acids is 1. The summed E-state index contributed by atoms with van der Waals surface area (Å²) in [5.74, 6) is -4.02. The van der Waals surface area contributed by atoms with Crippen LogP contribution in [0.3, 0.4) is 0 Å². The van der Waals surface area contributed by atoms with E-state index in [1.165, 1.54) is 6.07 Å². The molecule has 3 rings (SSSR count). The van der Waals surface area contributed by atoms with Gasteiger partial charge >= 0.3 is 12.3 Å². The maximum atomic E-state index is 12.9. The number of anilines is 1. The van der Waals surface area contributed by atoms with Crippen molar-refractivity contribution in [2.75, 3.05) is 25.0 Å². The monoisotopic (exact) mass is 428 g/mol. The number of hydrogen-bond acceptors (Lipinski definition) is 5. The molecule has 1 fully saturated rings. The molecule has 1 aromatic rings. The number of hydrogen-bond donors (Lipinski definition) is 2. The Morgan fingerprint density at radius 1 is 1.17 bits per heavy atom. The van der Waals surface area contributed by atoms with Crippen LogP contribution in [0, 0.1) is 5.92 Å². The maximum Gasteiger partial charge on any atom is 0.573 e. The molecule has 1 atom stereocenters. The lowest BCUT2D eigenvalue weighted by atomic mass is 9.88. The Hall–Kier alpha value is -2.78. The van der Waals surface area contributed by atoms with Gasteiger partial charge in [-0.3, -0.25) is 14.4 Å². The summed E-state index contributed by atoms with van der Waals surface area (Å²) in [5, 5.41) is 12.0. The molecule has 1 saturated carbocycles. The number of carboxylic acid groups (broad SMARTS) is 1. The summed E-state index contributed by atoms with van der Waals surface area (Å²) in [6.07, 6.45) is 0.0497. The molecule has 1 aliphatic heterocycles. The number of halogens is 3. The standard InChI is InChI=1S/C20H23F3N2O5/c21-20(22,23)30-13-6-7-14-15(9-24-16(14)8-13)18(28)19(29)25(11-17(26)27)10-12-4-2-1-3-5-12/h6-8,12,15,24H,1-5,9-11H2,(H,26,27). The van der Waals surface area contributed by atoms with E-state index >= 15 is 0 Å². The van der Waals surface area contributed by atoms with Crippen LogP contribution < -0.4 is 10.1 Å². The highest BCUT2D eigenvalue weighted by atomic mass is 19.4. The smallest absolute Gasteiger partial charge is 0.480 e. The first-order chi connectivity index (χ1) is 14.1. The van der Waals surface area contributed by atoms with Gasteiger partial charge in [0.25, 0.3) is 5.91 Å². The van der Waals surface area contributed by atoms with Crippen molar-refractivity contribution in [2.45, 2.75) is 44.4 Å². The summed E-state index contributed by atoms with van der Waals surface area (Å²) in [6, 6.07) is 3.52. The average molecular weight is 428 g/mol. The highest BCUT2D eigenvalue weighted by molar-refractivity contribution is 6.38. The fraction of sp³-hybridized carbons (Fsp3) is 0.550. The fourth-order valence-corrected chi connectivity index (χ4v) is 4.11. The summed E-state index contributed by atoms with van der Waals surface area (Å²) < 4.78 is 41.1. The Morgan fingerprint density at radius 2 is 1.87 bits per heavy atom. The molecule has 2 aliphatic rings. The van der Waals surface area contributed by atoms with Crippen molar-refractivity contribution in [3.05, 3.63) is 23.8 Å². The zero-order valence-corrected chi connectivity index (χ0v) is 16.2. The number of rotatable bonds is 7. The zero-order valence-electron chi connectivity index (χ0n) is 16.2. The number of amides is 1. The van der Waals surface area contributed by atoms with Crippen LogP contribution in [-0.4, -0.2) is 53.7 Å². The van der Waals surface area contributed by atoms with E-state index in [2.05, 4.69) is 10.1 Å². The summed E-state index contributed by atoms with van der Waals surface area (Å²) in [7, 11) is 0. The molecule has 0 bridgehead atoms. The fourth-order valence-electron chi connectivity index (χ4n) is 4.11. The van der Waals surface area contributed by atoms with Gasteiger partial charge in [0.1, 0.15) is 12.3 Å². The van der Waals surface area contributed by atoms with E-state index in [-0.39, 0.29) is 24.7 Å². The predicted molar refractivity (Wildman–Crippen MR) is 100 cm³/mol. The Kier molecular flexibility index (Phi) is 6.52. The van der Waals surface area contributed by atoms with Gasteiger partial charge in [-0.05, 0) is 30.4 Å². The molecular formula is C20H23F3N2O5. The van der Waals surface area contributed by atoms with Gasteiger partial charge in [-0.25, -0.2) is 0 Å². The van der Waals surface area contributed by atoms with Crippen LogP contribution in [-0.2, 0) is 14.4 Å². The molecule has 1 unspecified atom stereocenters. The molecule has 30 heavy (non-hydrogen) atoms. The van der Waals surface area contributed by atoms with Crippen molar-refractivity contribution in [1.29, 1.82) is 0 Å². The maximum absolute atomic E-state index is 12.9. The SMILES string of the molecule is O=C(O)CN(CC1CCCCC1)C(=O)C(=O)C1CNc2cc(OC(F)(F)F)ccc21. The second kappa shape index (κ2) is 8.93. The third-order valence-corrected chi connectivity index (χ3v) is 5.47. The number of nitrogens with one attached hydrogen (secondary N) is 1. The van der Waals surface area contributed by atoms with Crippen LogP contribution in [0.1, 0.15) is 43.6 Å². The van der Waals surface area contributed by atoms with Crippen molar-refractivity contribution < 1.29 is 37.4 Å². The molecule has 0 radical (unpaired) electrons. The van der Waals surface area contributed by atoms with Crippen LogP contribution in [0.25, 0.3) is 0 Å². The summed E-state index contributed by atoms with van der Waals surface area (Å²) >= 11 is 0. The second-order valence-corrected chi connectivity index (χ2v) is 7.68. The first kappa shape index (κ1) is 21.9. The Morgan fingerprint density at radius 3 is 2.50 bits per heavy atom. The molecule has 0 saturated heterocycles. The third-order valence-electron chi connectivity index (χ3n) is 5.47. The number of Topliss-reactive ketones (excluding diaryl/α,β-unsaturated/α-hetero) is 1. The molecule has 2 N–H and O–H groups in total. The number of ketones is 1. The summed E-state index contributed by atoms with van der Waals surface area (Å²) in [5.41, 5.74) is 0.663. The van der Waals surface area contributed by atoms with E-state index in [1.807, 2.05) is 0 Å². The van der Waals surface area contributed by atoms with E-state index in [4.69, 9.17) is 5.11 Å². The molecule has 1 aliphatic carbocycles. The predicted octanol–water partition coefficient (Wildman–Crippen LogP) is 3.16. The van der Waals surface area contributed by atoms with Crippen molar-refractivity contribution in [2.24, 2.45) is 5.92 Å². The van der Waals surface area contributed by atoms with E-state index in [9.17, 15) is 27.6 Å². The molecule has 7 nitrogen and oxygen atoms in total. The van der Waals surface area contributed by atoms with Gasteiger partial charge in [0.15, 0.2) is 0 Å². The molecule has 0 spiro atoms. The minimum Gasteiger partial charge on any atom is -0.480 e. The van der Waals surface area contributed by atoms with E-state index < -0.39 is 42.2 Å². The molecule has 1 heterocycles. The molecule has 1 amide bonds. The number of carbonyl (C=O) groups is 3. The minimum atomic E-state index is -4.84. The molecule has 1 aromatic carbocycles. The number of benzene rings is 1. The molecular weight excluding hydrogens is 405 g/mol. The number of alkyl halides is 3. The number of fused-ring (bicyclic) bond motifs is 1. The average Bonchev–Trinajstić information content (AvgIpc) is 3.08. The number of ether oxygens (including phenoxy) is 1. The number of aliphatic carboxylic acids is 1. The van der Waals surface area contributed by atoms with Crippen LogP contribution >= 0.6 is 0 Å². The van der Waals surface area contributed by atoms with Crippen LogP contribution in [0.2, 0.25) is 0 Å². The summed E-state index contributed by atoms with van der Waals surface area (Å²) in [6.45, 7) is -0.311. The van der Waals surface area contributed by atoms with Crippen LogP contribution in [0.15, 0.2) is 18.2 Å². The first-order valence-electron chi connectivity index (χ1n) is 9.82. The Balaban J connectivity index is 1.73. The number of nitrogens with zero attached hydrogens (tertiary/aromatic N) is 1. The zero-order chi connectivity index (χ0) is 21.9. The molecule has 10 heteroatoms.